The van der Waals surface area contributed by atoms with Crippen LogP contribution in [0.15, 0.2) is 5.38 Å². The second kappa shape index (κ2) is 5.77. The van der Waals surface area contributed by atoms with Gasteiger partial charge in [0.05, 0.1) is 17.2 Å². The third kappa shape index (κ3) is 3.07. The summed E-state index contributed by atoms with van der Waals surface area (Å²) in [5.74, 6) is -0.00322. The Kier molecular flexibility index (Phi) is 4.31. The minimum Gasteiger partial charge on any atom is -0.372 e. The van der Waals surface area contributed by atoms with E-state index < -0.39 is 0 Å². The molecule has 0 radical (unpaired) electrons. The zero-order valence-electron chi connectivity index (χ0n) is 10.8. The topological polar surface area (TPSA) is 68.5 Å². The molecule has 2 heterocycles. The van der Waals surface area contributed by atoms with E-state index in [4.69, 9.17) is 10.5 Å². The summed E-state index contributed by atoms with van der Waals surface area (Å²) in [7, 11) is 0. The van der Waals surface area contributed by atoms with Crippen LogP contribution in [0.3, 0.4) is 0 Å². The number of nitrogens with zero attached hydrogens (tertiary/aromatic N) is 2. The Morgan fingerprint density at radius 1 is 1.56 bits per heavy atom. The van der Waals surface area contributed by atoms with Gasteiger partial charge < -0.3 is 15.4 Å². The summed E-state index contributed by atoms with van der Waals surface area (Å²) < 4.78 is 5.62. The first-order valence-electron chi connectivity index (χ1n) is 6.19. The van der Waals surface area contributed by atoms with Crippen molar-refractivity contribution in [1.29, 1.82) is 0 Å². The van der Waals surface area contributed by atoms with Gasteiger partial charge in [-0.1, -0.05) is 0 Å². The molecule has 1 aromatic heterocycles. The number of aromatic nitrogens is 1. The van der Waals surface area contributed by atoms with Gasteiger partial charge in [-0.05, 0) is 20.4 Å². The van der Waals surface area contributed by atoms with Crippen LogP contribution in [-0.4, -0.2) is 47.6 Å². The number of ether oxygens (including phenoxy) is 1. The van der Waals surface area contributed by atoms with E-state index >= 15 is 0 Å². The Labute approximate surface area is 111 Å². The van der Waals surface area contributed by atoms with E-state index in [1.165, 1.54) is 11.3 Å². The zero-order chi connectivity index (χ0) is 13.1. The highest BCUT2D eigenvalue weighted by Gasteiger charge is 2.27. The van der Waals surface area contributed by atoms with Crippen LogP contribution in [0.1, 0.15) is 29.3 Å². The molecule has 5 nitrogen and oxygen atoms in total. The number of hydrogen-bond acceptors (Lipinski definition) is 5. The second-order valence-corrected chi connectivity index (χ2v) is 5.58. The van der Waals surface area contributed by atoms with E-state index in [-0.39, 0.29) is 18.1 Å². The molecule has 0 aromatic carbocycles. The van der Waals surface area contributed by atoms with Crippen LogP contribution < -0.4 is 5.73 Å². The third-order valence-corrected chi connectivity index (χ3v) is 3.74. The summed E-state index contributed by atoms with van der Waals surface area (Å²) in [5, 5.41) is 2.74. The molecule has 2 N–H and O–H groups in total. The lowest BCUT2D eigenvalue weighted by Gasteiger charge is -2.34. The van der Waals surface area contributed by atoms with E-state index in [0.29, 0.717) is 25.3 Å². The predicted octanol–water partition coefficient (Wildman–Crippen LogP) is 0.894. The molecule has 100 valence electrons. The van der Waals surface area contributed by atoms with Gasteiger partial charge in [0, 0.05) is 24.9 Å². The smallest absolute Gasteiger partial charge is 0.273 e. The quantitative estimate of drug-likeness (QED) is 0.885. The number of rotatable bonds is 3. The summed E-state index contributed by atoms with van der Waals surface area (Å²) >= 11 is 1.50. The van der Waals surface area contributed by atoms with Gasteiger partial charge in [-0.25, -0.2) is 4.98 Å². The monoisotopic (exact) mass is 269 g/mol. The molecule has 0 aliphatic carbocycles. The first kappa shape index (κ1) is 13.5. The van der Waals surface area contributed by atoms with Gasteiger partial charge in [0.25, 0.3) is 5.91 Å². The summed E-state index contributed by atoms with van der Waals surface area (Å²) in [4.78, 5) is 18.4. The highest BCUT2D eigenvalue weighted by atomic mass is 32.1. The molecular weight excluding hydrogens is 250 g/mol. The fourth-order valence-electron chi connectivity index (χ4n) is 2.15. The van der Waals surface area contributed by atoms with Gasteiger partial charge in [-0.2, -0.15) is 0 Å². The van der Waals surface area contributed by atoms with Crippen molar-refractivity contribution >= 4 is 17.2 Å². The molecule has 1 saturated heterocycles. The lowest BCUT2D eigenvalue weighted by atomic mass is 10.2. The van der Waals surface area contributed by atoms with E-state index in [9.17, 15) is 4.79 Å². The van der Waals surface area contributed by atoms with Crippen LogP contribution in [0.25, 0.3) is 0 Å². The normalized spacial score (nSPS) is 24.3. The van der Waals surface area contributed by atoms with Gasteiger partial charge in [0.15, 0.2) is 0 Å². The molecule has 6 heteroatoms. The fraction of sp³-hybridized carbons (Fsp3) is 0.667. The number of carbonyl (C=O) groups is 1. The van der Waals surface area contributed by atoms with Crippen molar-refractivity contribution in [2.45, 2.75) is 32.5 Å². The van der Waals surface area contributed by atoms with Crippen LogP contribution in [0.4, 0.5) is 0 Å². The maximum absolute atomic E-state index is 12.3. The van der Waals surface area contributed by atoms with Crippen molar-refractivity contribution in [3.05, 3.63) is 16.1 Å². The minimum atomic E-state index is -0.00322. The number of carbonyl (C=O) groups excluding carboxylic acids is 1. The van der Waals surface area contributed by atoms with Gasteiger partial charge in [-0.3, -0.25) is 4.79 Å². The van der Waals surface area contributed by atoms with Gasteiger partial charge in [-0.15, -0.1) is 11.3 Å². The van der Waals surface area contributed by atoms with Crippen molar-refractivity contribution in [1.82, 2.24) is 9.88 Å². The highest BCUT2D eigenvalue weighted by molar-refractivity contribution is 7.09. The van der Waals surface area contributed by atoms with Gasteiger partial charge >= 0.3 is 0 Å². The van der Waals surface area contributed by atoms with Crippen molar-refractivity contribution in [2.75, 3.05) is 19.6 Å². The first-order chi connectivity index (χ1) is 8.60. The number of morpholine rings is 1. The molecule has 0 spiro atoms. The largest absolute Gasteiger partial charge is 0.372 e. The average molecular weight is 269 g/mol. The van der Waals surface area contributed by atoms with E-state index in [0.717, 1.165) is 11.4 Å². The maximum atomic E-state index is 12.3. The van der Waals surface area contributed by atoms with Crippen LogP contribution in [-0.2, 0) is 11.2 Å². The molecule has 0 bridgehead atoms. The van der Waals surface area contributed by atoms with Crippen molar-refractivity contribution in [3.8, 4) is 0 Å². The molecule has 1 fully saturated rings. The number of thiazole rings is 1. The Bertz CT molecular complexity index is 411. The number of nitrogens with two attached hydrogens (primary N) is 1. The molecule has 18 heavy (non-hydrogen) atoms. The van der Waals surface area contributed by atoms with Crippen molar-refractivity contribution in [2.24, 2.45) is 5.73 Å². The van der Waals surface area contributed by atoms with Gasteiger partial charge in [0.1, 0.15) is 5.69 Å². The summed E-state index contributed by atoms with van der Waals surface area (Å²) in [6.07, 6.45) is 0.896. The van der Waals surface area contributed by atoms with E-state index in [1.807, 2.05) is 24.1 Å². The molecule has 2 rings (SSSR count). The van der Waals surface area contributed by atoms with E-state index in [1.54, 1.807) is 0 Å². The average Bonchev–Trinajstić information content (AvgIpc) is 2.76. The minimum absolute atomic E-state index is 0.00322. The molecular formula is C12H19N3O2S. The standard InChI is InChI=1S/C12H19N3O2S/c1-8-5-15(6-9(2)17-8)12(16)10-7-18-11(14-10)3-4-13/h7-9H,3-6,13H2,1-2H3. The Balaban J connectivity index is 2.05. The highest BCUT2D eigenvalue weighted by Crippen LogP contribution is 2.16. The molecule has 1 aliphatic heterocycles. The second-order valence-electron chi connectivity index (χ2n) is 4.63. The predicted molar refractivity (Wildman–Crippen MR) is 70.8 cm³/mol. The van der Waals surface area contributed by atoms with Gasteiger partial charge in [0.2, 0.25) is 0 Å². The zero-order valence-corrected chi connectivity index (χ0v) is 11.6. The maximum Gasteiger partial charge on any atom is 0.273 e. The Morgan fingerprint density at radius 2 is 2.22 bits per heavy atom. The Hall–Kier alpha value is -0.980. The molecule has 2 atom stereocenters. The lowest BCUT2D eigenvalue weighted by Crippen LogP contribution is -2.48. The summed E-state index contributed by atoms with van der Waals surface area (Å²) in [6, 6.07) is 0. The van der Waals surface area contributed by atoms with Crippen molar-refractivity contribution < 1.29 is 9.53 Å². The summed E-state index contributed by atoms with van der Waals surface area (Å²) in [6.45, 7) is 5.79. The van der Waals surface area contributed by atoms with E-state index in [2.05, 4.69) is 4.98 Å². The van der Waals surface area contributed by atoms with Crippen LogP contribution >= 0.6 is 11.3 Å². The molecule has 2 unspecified atom stereocenters. The first-order valence-corrected chi connectivity index (χ1v) is 7.07. The molecule has 1 amide bonds. The van der Waals surface area contributed by atoms with Crippen LogP contribution in [0, 0.1) is 0 Å². The SMILES string of the molecule is CC1CN(C(=O)c2csc(CCN)n2)CC(C)O1. The van der Waals surface area contributed by atoms with Crippen LogP contribution in [0.2, 0.25) is 0 Å². The van der Waals surface area contributed by atoms with Crippen molar-refractivity contribution in [3.63, 3.8) is 0 Å². The molecule has 1 aromatic rings. The Morgan fingerprint density at radius 3 is 2.83 bits per heavy atom. The lowest BCUT2D eigenvalue weighted by molar-refractivity contribution is -0.0587. The fourth-order valence-corrected chi connectivity index (χ4v) is 2.94. The molecule has 1 aliphatic rings. The number of amides is 1. The molecule has 0 saturated carbocycles. The number of hydrogen-bond donors (Lipinski definition) is 1. The summed E-state index contributed by atoms with van der Waals surface area (Å²) in [5.41, 5.74) is 6.01. The third-order valence-electron chi connectivity index (χ3n) is 2.84. The van der Waals surface area contributed by atoms with Crippen LogP contribution in [0.5, 0.6) is 0 Å².